The number of carbonyl (C=O) groups excluding carboxylic acids is 2. The fourth-order valence-corrected chi connectivity index (χ4v) is 2.43. The maximum Gasteiger partial charge on any atom is 0.346 e. The zero-order valence-corrected chi connectivity index (χ0v) is 14.4. The van der Waals surface area contributed by atoms with Gasteiger partial charge in [-0.05, 0) is 38.3 Å². The number of benzene rings is 1. The summed E-state index contributed by atoms with van der Waals surface area (Å²) in [6, 6.07) is 3.72. The lowest BCUT2D eigenvalue weighted by molar-refractivity contribution is -0.140. The molecule has 1 rings (SSSR count). The molecule has 6 nitrogen and oxygen atoms in total. The highest BCUT2D eigenvalue weighted by Gasteiger charge is 2.35. The SMILES string of the molecule is CCC(P)(N=C(N)N)C(=O)OC(=O)c1c(C)cc(C)cc1C. The van der Waals surface area contributed by atoms with Crippen LogP contribution in [0.2, 0.25) is 0 Å². The summed E-state index contributed by atoms with van der Waals surface area (Å²) < 4.78 is 4.98. The molecule has 0 heterocycles. The smallest absolute Gasteiger partial charge is 0.346 e. The number of aryl methyl sites for hydroxylation is 3. The van der Waals surface area contributed by atoms with Gasteiger partial charge in [0.05, 0.1) is 5.56 Å². The molecule has 0 saturated heterocycles. The summed E-state index contributed by atoms with van der Waals surface area (Å²) in [5.74, 6) is -1.76. The Kier molecular flexibility index (Phi) is 5.66. The van der Waals surface area contributed by atoms with E-state index in [0.717, 1.165) is 16.7 Å². The fourth-order valence-electron chi connectivity index (χ4n) is 2.22. The molecule has 0 aliphatic rings. The van der Waals surface area contributed by atoms with E-state index >= 15 is 0 Å². The van der Waals surface area contributed by atoms with Crippen LogP contribution in [-0.2, 0) is 9.53 Å². The van der Waals surface area contributed by atoms with Gasteiger partial charge in [0.2, 0.25) is 0 Å². The highest BCUT2D eigenvalue weighted by molar-refractivity contribution is 7.21. The van der Waals surface area contributed by atoms with Gasteiger partial charge >= 0.3 is 11.9 Å². The molecule has 0 aromatic heterocycles. The third kappa shape index (κ3) is 4.04. The summed E-state index contributed by atoms with van der Waals surface area (Å²) in [5, 5.41) is -1.36. The molecule has 120 valence electrons. The van der Waals surface area contributed by atoms with E-state index in [1.165, 1.54) is 0 Å². The number of hydrogen-bond acceptors (Lipinski definition) is 4. The average Bonchev–Trinajstić information content (AvgIpc) is 2.36. The standard InChI is InChI=1S/C15H22N3O3P/c1-5-15(22,18-14(16)17)13(20)21-12(19)11-9(3)6-8(2)7-10(11)4/h6-7H,5,22H2,1-4H3,(H4,16,17,18). The molecule has 0 spiro atoms. The van der Waals surface area contributed by atoms with E-state index in [4.69, 9.17) is 16.2 Å². The van der Waals surface area contributed by atoms with E-state index < -0.39 is 17.2 Å². The van der Waals surface area contributed by atoms with E-state index in [0.29, 0.717) is 5.56 Å². The number of nitrogens with two attached hydrogens (primary N) is 2. The second-order valence-corrected chi connectivity index (χ2v) is 6.22. The summed E-state index contributed by atoms with van der Waals surface area (Å²) in [6.07, 6.45) is 0.271. The number of guanidine groups is 1. The lowest BCUT2D eigenvalue weighted by Crippen LogP contribution is -2.37. The summed E-state index contributed by atoms with van der Waals surface area (Å²) in [4.78, 5) is 28.4. The average molecular weight is 323 g/mol. The van der Waals surface area contributed by atoms with Crippen LogP contribution in [0.1, 0.15) is 40.4 Å². The van der Waals surface area contributed by atoms with Gasteiger partial charge in [0, 0.05) is 0 Å². The van der Waals surface area contributed by atoms with Crippen molar-refractivity contribution in [2.24, 2.45) is 16.5 Å². The minimum absolute atomic E-state index is 0.246. The molecule has 0 fully saturated rings. The fraction of sp³-hybridized carbons (Fsp3) is 0.400. The molecule has 0 radical (unpaired) electrons. The molecule has 1 aromatic rings. The summed E-state index contributed by atoms with van der Waals surface area (Å²) in [5.41, 5.74) is 13.6. The van der Waals surface area contributed by atoms with Crippen molar-refractivity contribution in [1.82, 2.24) is 0 Å². The van der Waals surface area contributed by atoms with Crippen molar-refractivity contribution in [3.63, 3.8) is 0 Å². The molecule has 2 unspecified atom stereocenters. The first-order valence-corrected chi connectivity index (χ1v) is 7.42. The van der Waals surface area contributed by atoms with E-state index in [1.807, 2.05) is 19.1 Å². The Morgan fingerprint density at radius 2 is 1.73 bits per heavy atom. The first-order valence-electron chi connectivity index (χ1n) is 6.85. The van der Waals surface area contributed by atoms with Crippen LogP contribution in [0.5, 0.6) is 0 Å². The number of rotatable bonds is 4. The molecule has 4 N–H and O–H groups in total. The monoisotopic (exact) mass is 323 g/mol. The lowest BCUT2D eigenvalue weighted by atomic mass is 10.00. The van der Waals surface area contributed by atoms with E-state index in [2.05, 4.69) is 14.2 Å². The molecular weight excluding hydrogens is 301 g/mol. The number of nitrogens with zero attached hydrogens (tertiary/aromatic N) is 1. The van der Waals surface area contributed by atoms with Crippen molar-refractivity contribution in [3.05, 3.63) is 34.4 Å². The van der Waals surface area contributed by atoms with Crippen molar-refractivity contribution in [1.29, 1.82) is 0 Å². The number of esters is 2. The predicted molar refractivity (Wildman–Crippen MR) is 89.6 cm³/mol. The van der Waals surface area contributed by atoms with Gasteiger partial charge in [-0.3, -0.25) is 0 Å². The van der Waals surface area contributed by atoms with Gasteiger partial charge in [-0.15, -0.1) is 0 Å². The molecular formula is C15H22N3O3P. The normalized spacial score (nSPS) is 13.1. The van der Waals surface area contributed by atoms with Crippen LogP contribution < -0.4 is 11.5 Å². The third-order valence-corrected chi connectivity index (χ3v) is 4.06. The van der Waals surface area contributed by atoms with Crippen molar-refractivity contribution in [3.8, 4) is 0 Å². The minimum Gasteiger partial charge on any atom is -0.387 e. The van der Waals surface area contributed by atoms with Crippen LogP contribution in [0.15, 0.2) is 17.1 Å². The molecule has 22 heavy (non-hydrogen) atoms. The molecule has 0 aliphatic heterocycles. The predicted octanol–water partition coefficient (Wildman–Crippen LogP) is 1.55. The van der Waals surface area contributed by atoms with Gasteiger partial charge in [-0.25, -0.2) is 14.6 Å². The number of aliphatic imine (C=N–C) groups is 1. The van der Waals surface area contributed by atoms with Crippen molar-refractivity contribution >= 4 is 27.1 Å². The Hall–Kier alpha value is -1.94. The Labute approximate surface area is 132 Å². The third-order valence-electron chi connectivity index (χ3n) is 3.29. The van der Waals surface area contributed by atoms with Crippen LogP contribution in [0.3, 0.4) is 0 Å². The first-order chi connectivity index (χ1) is 10.1. The molecule has 2 atom stereocenters. The Morgan fingerprint density at radius 3 is 2.14 bits per heavy atom. The maximum absolute atomic E-state index is 12.3. The van der Waals surface area contributed by atoms with Gasteiger partial charge in [-0.2, -0.15) is 0 Å². The highest BCUT2D eigenvalue weighted by Crippen LogP contribution is 2.27. The van der Waals surface area contributed by atoms with Gasteiger partial charge in [0.1, 0.15) is 0 Å². The van der Waals surface area contributed by atoms with Gasteiger partial charge in [-0.1, -0.05) is 33.9 Å². The second kappa shape index (κ2) is 6.88. The quantitative estimate of drug-likeness (QED) is 0.287. The van der Waals surface area contributed by atoms with Gasteiger partial charge < -0.3 is 16.2 Å². The number of ether oxygens (including phenoxy) is 1. The number of hydrogen-bond donors (Lipinski definition) is 2. The minimum atomic E-state index is -1.36. The molecule has 0 bridgehead atoms. The van der Waals surface area contributed by atoms with Crippen molar-refractivity contribution in [2.45, 2.75) is 39.4 Å². The zero-order chi connectivity index (χ0) is 17.1. The van der Waals surface area contributed by atoms with Gasteiger partial charge in [0.15, 0.2) is 11.2 Å². The van der Waals surface area contributed by atoms with Crippen LogP contribution in [-0.4, -0.2) is 23.2 Å². The van der Waals surface area contributed by atoms with E-state index in [9.17, 15) is 9.59 Å². The molecule has 0 aliphatic carbocycles. The van der Waals surface area contributed by atoms with Crippen LogP contribution in [0, 0.1) is 20.8 Å². The number of carbonyl (C=O) groups is 2. The topological polar surface area (TPSA) is 108 Å². The largest absolute Gasteiger partial charge is 0.387 e. The molecule has 0 amide bonds. The Balaban J connectivity index is 3.08. The van der Waals surface area contributed by atoms with Crippen LogP contribution >= 0.6 is 9.24 Å². The van der Waals surface area contributed by atoms with Crippen LogP contribution in [0.25, 0.3) is 0 Å². The van der Waals surface area contributed by atoms with Crippen molar-refractivity contribution in [2.75, 3.05) is 0 Å². The van der Waals surface area contributed by atoms with E-state index in [1.54, 1.807) is 20.8 Å². The Morgan fingerprint density at radius 1 is 1.23 bits per heavy atom. The van der Waals surface area contributed by atoms with Crippen molar-refractivity contribution < 1.29 is 14.3 Å². The van der Waals surface area contributed by atoms with Crippen LogP contribution in [0.4, 0.5) is 0 Å². The molecule has 7 heteroatoms. The highest BCUT2D eigenvalue weighted by atomic mass is 31.0. The summed E-state index contributed by atoms with van der Waals surface area (Å²) in [6.45, 7) is 7.24. The maximum atomic E-state index is 12.3. The summed E-state index contributed by atoms with van der Waals surface area (Å²) >= 11 is 0. The molecule has 0 saturated carbocycles. The lowest BCUT2D eigenvalue weighted by Gasteiger charge is -2.21. The summed E-state index contributed by atoms with van der Waals surface area (Å²) in [7, 11) is 2.24. The zero-order valence-electron chi connectivity index (χ0n) is 13.3. The second-order valence-electron chi connectivity index (χ2n) is 5.27. The van der Waals surface area contributed by atoms with E-state index in [-0.39, 0.29) is 12.4 Å². The Bertz CT molecular complexity index is 616. The van der Waals surface area contributed by atoms with Gasteiger partial charge in [0.25, 0.3) is 0 Å². The molecule has 1 aromatic carbocycles. The first kappa shape index (κ1) is 18.1.